The number of hydrogen-bond acceptors (Lipinski definition) is 5. The number of benzene rings is 2. The Morgan fingerprint density at radius 2 is 2.00 bits per heavy atom. The van der Waals surface area contributed by atoms with Gasteiger partial charge in [0.05, 0.1) is 30.8 Å². The molecule has 1 N–H and O–H groups in total. The van der Waals surface area contributed by atoms with Crippen molar-refractivity contribution in [3.63, 3.8) is 0 Å². The minimum absolute atomic E-state index is 0. The highest BCUT2D eigenvalue weighted by molar-refractivity contribution is 5.85. The molecule has 0 radical (unpaired) electrons. The summed E-state index contributed by atoms with van der Waals surface area (Å²) in [4.78, 5) is 10.6. The fourth-order valence-electron chi connectivity index (χ4n) is 3.22. The first-order chi connectivity index (χ1) is 12.2. The molecule has 3 rings (SSSR count). The van der Waals surface area contributed by atoms with Gasteiger partial charge in [-0.1, -0.05) is 30.3 Å². The fraction of sp³-hybridized carbons (Fsp3) is 0.368. The molecule has 1 aliphatic heterocycles. The second-order valence-corrected chi connectivity index (χ2v) is 6.09. The third-order valence-electron chi connectivity index (χ3n) is 4.49. The van der Waals surface area contributed by atoms with E-state index in [1.54, 1.807) is 13.2 Å². The molecule has 1 saturated heterocycles. The van der Waals surface area contributed by atoms with Gasteiger partial charge in [-0.15, -0.1) is 12.4 Å². The first kappa shape index (κ1) is 20.2. The molecule has 6 nitrogen and oxygen atoms in total. The van der Waals surface area contributed by atoms with Crippen molar-refractivity contribution in [1.82, 2.24) is 5.32 Å². The molecule has 0 bridgehead atoms. The number of piperidine rings is 1. The normalized spacial score (nSPS) is 19.4. The van der Waals surface area contributed by atoms with E-state index < -0.39 is 4.92 Å². The highest BCUT2D eigenvalue weighted by atomic mass is 35.5. The number of non-ortho nitro benzene ring substituents is 1. The van der Waals surface area contributed by atoms with E-state index in [9.17, 15) is 10.1 Å². The lowest BCUT2D eigenvalue weighted by Gasteiger charge is -2.33. The van der Waals surface area contributed by atoms with Crippen LogP contribution in [0.5, 0.6) is 5.75 Å². The highest BCUT2D eigenvalue weighted by Gasteiger charge is 2.27. The largest absolute Gasteiger partial charge is 0.496 e. The highest BCUT2D eigenvalue weighted by Crippen LogP contribution is 2.29. The zero-order chi connectivity index (χ0) is 17.6. The van der Waals surface area contributed by atoms with Crippen LogP contribution in [0.1, 0.15) is 30.0 Å². The Bertz CT molecular complexity index is 727. The van der Waals surface area contributed by atoms with E-state index in [2.05, 4.69) is 17.4 Å². The Hall–Kier alpha value is -2.15. The van der Waals surface area contributed by atoms with Crippen molar-refractivity contribution in [2.24, 2.45) is 0 Å². The lowest BCUT2D eigenvalue weighted by atomic mass is 9.94. The number of methoxy groups -OCH3 is 1. The number of nitrogens with zero attached hydrogens (tertiary/aromatic N) is 1. The molecule has 2 atom stereocenters. The van der Waals surface area contributed by atoms with E-state index in [4.69, 9.17) is 9.47 Å². The van der Waals surface area contributed by atoms with E-state index in [1.807, 2.05) is 18.2 Å². The van der Waals surface area contributed by atoms with Crippen molar-refractivity contribution in [3.8, 4) is 5.75 Å². The molecule has 0 saturated carbocycles. The van der Waals surface area contributed by atoms with Gasteiger partial charge < -0.3 is 14.8 Å². The summed E-state index contributed by atoms with van der Waals surface area (Å²) >= 11 is 0. The van der Waals surface area contributed by atoms with Gasteiger partial charge in [0, 0.05) is 17.7 Å². The van der Waals surface area contributed by atoms with Crippen molar-refractivity contribution >= 4 is 18.1 Å². The first-order valence-corrected chi connectivity index (χ1v) is 8.40. The Morgan fingerprint density at radius 1 is 1.23 bits per heavy atom. The van der Waals surface area contributed by atoms with Crippen LogP contribution >= 0.6 is 12.4 Å². The minimum atomic E-state index is -0.405. The molecule has 2 aromatic carbocycles. The summed E-state index contributed by atoms with van der Waals surface area (Å²) in [6.07, 6.45) is 2.00. The molecule has 0 amide bonds. The molecule has 0 aromatic heterocycles. The summed E-state index contributed by atoms with van der Waals surface area (Å²) in [5, 5.41) is 14.5. The minimum Gasteiger partial charge on any atom is -0.496 e. The summed E-state index contributed by atoms with van der Waals surface area (Å²) in [6.45, 7) is 1.24. The second-order valence-electron chi connectivity index (χ2n) is 6.09. The number of nitro groups is 1. The van der Waals surface area contributed by atoms with E-state index in [1.165, 1.54) is 17.7 Å². The predicted octanol–water partition coefficient (Wildman–Crippen LogP) is 4.04. The summed E-state index contributed by atoms with van der Waals surface area (Å²) in [5.74, 6) is 0.602. The molecule has 0 aliphatic carbocycles. The summed E-state index contributed by atoms with van der Waals surface area (Å²) < 4.78 is 11.5. The first-order valence-electron chi connectivity index (χ1n) is 8.40. The summed E-state index contributed by atoms with van der Waals surface area (Å²) in [6, 6.07) is 14.9. The van der Waals surface area contributed by atoms with Gasteiger partial charge in [-0.2, -0.15) is 0 Å². The smallest absolute Gasteiger partial charge is 0.270 e. The van der Waals surface area contributed by atoms with Gasteiger partial charge in [-0.25, -0.2) is 0 Å². The van der Waals surface area contributed by atoms with Gasteiger partial charge in [0.15, 0.2) is 0 Å². The number of nitro benzene ring substituents is 1. The number of hydrogen-bond donors (Lipinski definition) is 1. The maximum atomic E-state index is 11.0. The number of rotatable bonds is 6. The van der Waals surface area contributed by atoms with Crippen LogP contribution in [0.25, 0.3) is 0 Å². The zero-order valence-corrected chi connectivity index (χ0v) is 15.4. The predicted molar refractivity (Wildman–Crippen MR) is 102 cm³/mol. The van der Waals surface area contributed by atoms with Crippen molar-refractivity contribution in [1.29, 1.82) is 0 Å². The Morgan fingerprint density at radius 3 is 2.69 bits per heavy atom. The van der Waals surface area contributed by atoms with Crippen LogP contribution in [-0.4, -0.2) is 24.7 Å². The maximum absolute atomic E-state index is 11.0. The van der Waals surface area contributed by atoms with Gasteiger partial charge in [-0.3, -0.25) is 10.1 Å². The average Bonchev–Trinajstić information content (AvgIpc) is 2.67. The maximum Gasteiger partial charge on any atom is 0.270 e. The standard InChI is InChI=1S/C19H22N2O4.ClH/c1-24-17-10-9-16(21(22)23)12-15(17)13-25-18-8-5-11-20-19(18)14-6-3-2-4-7-14;/h2-4,6-7,9-10,12,18-20H,5,8,11,13H2,1H3;1H/t18-,19-;/m1./s1. The van der Waals surface area contributed by atoms with Gasteiger partial charge in [0.1, 0.15) is 5.75 Å². The van der Waals surface area contributed by atoms with Crippen LogP contribution in [0.15, 0.2) is 48.5 Å². The van der Waals surface area contributed by atoms with E-state index >= 15 is 0 Å². The topological polar surface area (TPSA) is 73.6 Å². The SMILES string of the molecule is COc1ccc([N+](=O)[O-])cc1CO[C@@H]1CCCN[C@@H]1c1ccccc1.Cl. The van der Waals surface area contributed by atoms with Crippen molar-refractivity contribution < 1.29 is 14.4 Å². The lowest BCUT2D eigenvalue weighted by molar-refractivity contribution is -0.385. The monoisotopic (exact) mass is 378 g/mol. The van der Waals surface area contributed by atoms with Crippen LogP contribution in [-0.2, 0) is 11.3 Å². The molecule has 1 heterocycles. The van der Waals surface area contributed by atoms with Crippen LogP contribution < -0.4 is 10.1 Å². The van der Waals surface area contributed by atoms with Crippen molar-refractivity contribution in [2.75, 3.05) is 13.7 Å². The fourth-order valence-corrected chi connectivity index (χ4v) is 3.22. The van der Waals surface area contributed by atoms with Crippen molar-refractivity contribution in [2.45, 2.75) is 31.6 Å². The Balaban J connectivity index is 0.00000243. The number of ether oxygens (including phenoxy) is 2. The van der Waals surface area contributed by atoms with Gasteiger partial charge in [-0.05, 0) is 31.0 Å². The van der Waals surface area contributed by atoms with Gasteiger partial charge in [0.2, 0.25) is 0 Å². The number of nitrogens with one attached hydrogen (secondary N) is 1. The van der Waals surface area contributed by atoms with Crippen LogP contribution in [0.3, 0.4) is 0 Å². The quantitative estimate of drug-likeness (QED) is 0.606. The number of halogens is 1. The van der Waals surface area contributed by atoms with E-state index in [0.29, 0.717) is 11.3 Å². The van der Waals surface area contributed by atoms with Crippen LogP contribution in [0.2, 0.25) is 0 Å². The molecule has 7 heteroatoms. The molecule has 140 valence electrons. The summed E-state index contributed by atoms with van der Waals surface area (Å²) in [7, 11) is 1.56. The molecule has 0 spiro atoms. The lowest BCUT2D eigenvalue weighted by Crippen LogP contribution is -2.39. The van der Waals surface area contributed by atoms with Gasteiger partial charge in [0.25, 0.3) is 5.69 Å². The average molecular weight is 379 g/mol. The molecule has 1 aliphatic rings. The van der Waals surface area contributed by atoms with Gasteiger partial charge >= 0.3 is 0 Å². The van der Waals surface area contributed by atoms with Crippen LogP contribution in [0, 0.1) is 10.1 Å². The molecule has 0 unspecified atom stereocenters. The molecular formula is C19H23ClN2O4. The molecule has 26 heavy (non-hydrogen) atoms. The van der Waals surface area contributed by atoms with E-state index in [0.717, 1.165) is 19.4 Å². The third kappa shape index (κ3) is 4.72. The Labute approximate surface area is 159 Å². The summed E-state index contributed by atoms with van der Waals surface area (Å²) in [5.41, 5.74) is 1.92. The molecule has 2 aromatic rings. The van der Waals surface area contributed by atoms with E-state index in [-0.39, 0.29) is 36.8 Å². The second kappa shape index (κ2) is 9.52. The molecule has 1 fully saturated rings. The van der Waals surface area contributed by atoms with Crippen molar-refractivity contribution in [3.05, 3.63) is 69.8 Å². The zero-order valence-electron chi connectivity index (χ0n) is 14.6. The molecular weight excluding hydrogens is 356 g/mol. The van der Waals surface area contributed by atoms with Crippen LogP contribution in [0.4, 0.5) is 5.69 Å². The Kier molecular flexibility index (Phi) is 7.38. The third-order valence-corrected chi connectivity index (χ3v) is 4.49.